The summed E-state index contributed by atoms with van der Waals surface area (Å²) >= 11 is 14.3. The van der Waals surface area contributed by atoms with Crippen LogP contribution in [0.5, 0.6) is 5.75 Å². The molecule has 0 aliphatic carbocycles. The molecule has 0 saturated heterocycles. The van der Waals surface area contributed by atoms with E-state index in [4.69, 9.17) is 28.3 Å². The number of carbonyl (C=O) groups excluding carboxylic acids is 4. The lowest BCUT2D eigenvalue weighted by atomic mass is 9.95. The summed E-state index contributed by atoms with van der Waals surface area (Å²) in [5.41, 5.74) is 4.59. The number of anilines is 3. The average molecular weight is 797 g/mol. The first-order valence-corrected chi connectivity index (χ1v) is 19.8. The van der Waals surface area contributed by atoms with Crippen molar-refractivity contribution in [3.8, 4) is 5.75 Å². The molecule has 54 heavy (non-hydrogen) atoms. The highest BCUT2D eigenvalue weighted by atomic mass is 35.5. The van der Waals surface area contributed by atoms with E-state index < -0.39 is 30.0 Å². The van der Waals surface area contributed by atoms with Gasteiger partial charge in [0.1, 0.15) is 17.8 Å². The minimum Gasteiger partial charge on any atom is -0.506 e. The Morgan fingerprint density at radius 1 is 0.870 bits per heavy atom. The molecule has 12 nitrogen and oxygen atoms in total. The van der Waals surface area contributed by atoms with E-state index in [-0.39, 0.29) is 54.0 Å². The average Bonchev–Trinajstić information content (AvgIpc) is 3.83. The number of aromatic hydroxyl groups is 1. The van der Waals surface area contributed by atoms with Gasteiger partial charge in [0, 0.05) is 72.1 Å². The van der Waals surface area contributed by atoms with E-state index in [0.717, 1.165) is 37.5 Å². The van der Waals surface area contributed by atoms with Crippen LogP contribution in [0.15, 0.2) is 41.8 Å². The highest BCUT2D eigenvalue weighted by molar-refractivity contribution is 7.17. The van der Waals surface area contributed by atoms with Crippen LogP contribution in [0.3, 0.4) is 0 Å². The van der Waals surface area contributed by atoms with Gasteiger partial charge >= 0.3 is 6.09 Å². The maximum Gasteiger partial charge on any atom is 0.405 e. The van der Waals surface area contributed by atoms with Gasteiger partial charge in [-0.2, -0.15) is 0 Å². The summed E-state index contributed by atoms with van der Waals surface area (Å²) in [4.78, 5) is 68.4. The maximum absolute atomic E-state index is 13.9. The predicted molar refractivity (Wildman–Crippen MR) is 214 cm³/mol. The third-order valence-electron chi connectivity index (χ3n) is 10.3. The lowest BCUT2D eigenvalue weighted by Gasteiger charge is -2.23. The quantitative estimate of drug-likeness (QED) is 0.0962. The van der Waals surface area contributed by atoms with E-state index in [2.05, 4.69) is 16.0 Å². The number of benzene rings is 3. The van der Waals surface area contributed by atoms with E-state index in [1.807, 2.05) is 36.6 Å². The highest BCUT2D eigenvalue weighted by Gasteiger charge is 2.37. The maximum atomic E-state index is 13.9. The number of phenolic OH excluding ortho intramolecular Hbond substituents is 1. The van der Waals surface area contributed by atoms with Crippen LogP contribution in [0.2, 0.25) is 0 Å². The van der Waals surface area contributed by atoms with Crippen LogP contribution in [0.4, 0.5) is 21.9 Å². The normalized spacial score (nSPS) is 17.4. The summed E-state index contributed by atoms with van der Waals surface area (Å²) in [7, 11) is 0. The van der Waals surface area contributed by atoms with E-state index in [1.165, 1.54) is 18.3 Å². The SMILES string of the molecule is Cc1csc2c(O)cc3c(c12)C(CCl)CN3C(=O)CCCC(=O)N1C[C@@H](CCl)c2c1cc(NC(=O)C(C)NC(=O)C(NC(=O)O)C(C)C)c1ccccc21. The molecule has 3 unspecified atom stereocenters. The van der Waals surface area contributed by atoms with Gasteiger partial charge in [-0.3, -0.25) is 19.2 Å². The number of aryl methyl sites for hydroxylation is 1. The van der Waals surface area contributed by atoms with E-state index in [0.29, 0.717) is 42.5 Å². The molecular formula is C39H43Cl2N5O7S. The number of fused-ring (bicyclic) bond motifs is 6. The van der Waals surface area contributed by atoms with Crippen LogP contribution in [0.1, 0.15) is 68.6 Å². The predicted octanol–water partition coefficient (Wildman–Crippen LogP) is 7.01. The number of halogens is 2. The van der Waals surface area contributed by atoms with Crippen molar-refractivity contribution in [2.75, 3.05) is 40.0 Å². The van der Waals surface area contributed by atoms with Gasteiger partial charge in [-0.15, -0.1) is 34.5 Å². The Labute approximate surface area is 326 Å². The van der Waals surface area contributed by atoms with Gasteiger partial charge in [0.05, 0.1) is 16.1 Å². The number of thiophene rings is 1. The van der Waals surface area contributed by atoms with Crippen molar-refractivity contribution in [2.24, 2.45) is 5.92 Å². The second-order valence-corrected chi connectivity index (χ2v) is 15.8. The first-order valence-electron chi connectivity index (χ1n) is 17.9. The second kappa shape index (κ2) is 16.0. The van der Waals surface area contributed by atoms with Gasteiger partial charge in [-0.05, 0) is 59.7 Å². The lowest BCUT2D eigenvalue weighted by molar-refractivity contribution is -0.128. The largest absolute Gasteiger partial charge is 0.506 e. The molecule has 4 aromatic rings. The van der Waals surface area contributed by atoms with Crippen LogP contribution in [-0.4, -0.2) is 76.9 Å². The van der Waals surface area contributed by atoms with Crippen LogP contribution in [-0.2, 0) is 19.2 Å². The number of hydrogen-bond acceptors (Lipinski definition) is 7. The molecule has 15 heteroatoms. The fraction of sp³-hybridized carbons (Fsp3) is 0.410. The second-order valence-electron chi connectivity index (χ2n) is 14.3. The zero-order chi connectivity index (χ0) is 39.0. The zero-order valence-electron chi connectivity index (χ0n) is 30.4. The standard InChI is InChI=1S/C39H43Cl2N5O7S/c1-19(2)35(44-39(52)53)38(51)42-21(4)37(50)43-26-12-27-33(25-9-6-5-8-24(25)26)22(14-40)16-45(27)30(48)10-7-11-31(49)46-17-23(15-41)34-28(46)13-29(47)36-32(34)20(3)18-54-36/h5-6,8-9,12-13,18-19,21-23,35,44,47H,7,10-11,14-17H2,1-4H3,(H,42,51)(H,43,50)(H,52,53)/t21?,22-,23?,35?/m1/s1. The van der Waals surface area contributed by atoms with Crippen LogP contribution in [0.25, 0.3) is 20.9 Å². The van der Waals surface area contributed by atoms with Crippen molar-refractivity contribution in [3.63, 3.8) is 0 Å². The monoisotopic (exact) mass is 795 g/mol. The highest BCUT2D eigenvalue weighted by Crippen LogP contribution is 2.49. The van der Waals surface area contributed by atoms with Crippen molar-refractivity contribution < 1.29 is 34.2 Å². The first-order chi connectivity index (χ1) is 25.7. The summed E-state index contributed by atoms with van der Waals surface area (Å²) in [6, 6.07) is 8.80. The molecule has 0 spiro atoms. The molecule has 286 valence electrons. The molecule has 0 radical (unpaired) electrons. The van der Waals surface area contributed by atoms with Gasteiger partial charge in [0.15, 0.2) is 0 Å². The summed E-state index contributed by atoms with van der Waals surface area (Å²) in [6.45, 7) is 7.61. The Bertz CT molecular complexity index is 2160. The Hall–Kier alpha value is -4.59. The molecule has 5 N–H and O–H groups in total. The van der Waals surface area contributed by atoms with Crippen molar-refractivity contribution in [3.05, 3.63) is 58.5 Å². The van der Waals surface area contributed by atoms with Crippen LogP contribution >= 0.6 is 34.5 Å². The third-order valence-corrected chi connectivity index (χ3v) is 12.2. The number of rotatable bonds is 12. The number of carboxylic acid groups (broad SMARTS) is 1. The molecule has 2 aliphatic heterocycles. The number of phenols is 1. The van der Waals surface area contributed by atoms with E-state index >= 15 is 0 Å². The number of alkyl halides is 2. The molecule has 3 aromatic carbocycles. The molecule has 0 fully saturated rings. The van der Waals surface area contributed by atoms with Gasteiger partial charge in [0.2, 0.25) is 23.6 Å². The molecule has 0 saturated carbocycles. The molecular weight excluding hydrogens is 753 g/mol. The van der Waals surface area contributed by atoms with Crippen molar-refractivity contribution in [2.45, 2.75) is 70.9 Å². The number of amides is 5. The fourth-order valence-electron chi connectivity index (χ4n) is 7.63. The number of hydrogen-bond donors (Lipinski definition) is 5. The zero-order valence-corrected chi connectivity index (χ0v) is 32.7. The van der Waals surface area contributed by atoms with Gasteiger partial charge in [-0.25, -0.2) is 4.79 Å². The van der Waals surface area contributed by atoms with Gasteiger partial charge in [-0.1, -0.05) is 38.1 Å². The topological polar surface area (TPSA) is 168 Å². The molecule has 2 aliphatic rings. The third kappa shape index (κ3) is 7.41. The van der Waals surface area contributed by atoms with Gasteiger partial charge < -0.3 is 36.0 Å². The van der Waals surface area contributed by atoms with Crippen LogP contribution < -0.4 is 25.8 Å². The Kier molecular flexibility index (Phi) is 11.6. The van der Waals surface area contributed by atoms with E-state index in [9.17, 15) is 29.1 Å². The first kappa shape index (κ1) is 39.1. The Morgan fingerprint density at radius 3 is 2.06 bits per heavy atom. The molecule has 0 bridgehead atoms. The van der Waals surface area contributed by atoms with Crippen LogP contribution in [0, 0.1) is 12.8 Å². The summed E-state index contributed by atoms with van der Waals surface area (Å²) in [5.74, 6) is -1.40. The summed E-state index contributed by atoms with van der Waals surface area (Å²) in [5, 5.41) is 32.1. The summed E-state index contributed by atoms with van der Waals surface area (Å²) in [6.07, 6.45) is -0.850. The fourth-order valence-corrected chi connectivity index (χ4v) is 9.11. The molecule has 6 rings (SSSR count). The smallest absolute Gasteiger partial charge is 0.405 e. The molecule has 3 heterocycles. The van der Waals surface area contributed by atoms with Crippen molar-refractivity contribution in [1.29, 1.82) is 0 Å². The van der Waals surface area contributed by atoms with Gasteiger partial charge in [0.25, 0.3) is 0 Å². The minimum absolute atomic E-state index is 0.0769. The molecule has 5 amide bonds. The van der Waals surface area contributed by atoms with Crippen molar-refractivity contribution in [1.82, 2.24) is 10.6 Å². The number of nitrogens with one attached hydrogen (secondary N) is 3. The molecule has 1 aromatic heterocycles. The summed E-state index contributed by atoms with van der Waals surface area (Å²) < 4.78 is 0.782. The Balaban J connectivity index is 1.18. The Morgan fingerprint density at radius 2 is 1.46 bits per heavy atom. The number of nitrogens with zero attached hydrogens (tertiary/aromatic N) is 2. The lowest BCUT2D eigenvalue weighted by Crippen LogP contribution is -2.53. The van der Waals surface area contributed by atoms with Crippen molar-refractivity contribution >= 4 is 102 Å². The van der Waals surface area contributed by atoms with E-state index in [1.54, 1.807) is 35.8 Å². The minimum atomic E-state index is -1.35. The number of carbonyl (C=O) groups is 5. The molecule has 4 atom stereocenters.